The Bertz CT molecular complexity index is 534. The van der Waals surface area contributed by atoms with Crippen molar-refractivity contribution in [2.75, 3.05) is 0 Å². The molecule has 0 spiro atoms. The first kappa shape index (κ1) is 5.83. The van der Waals surface area contributed by atoms with Gasteiger partial charge in [0, 0.05) is 5.39 Å². The number of nitrogens with zero attached hydrogens (tertiary/aromatic N) is 1. The van der Waals surface area contributed by atoms with E-state index < -0.39 is 0 Å². The Morgan fingerprint density at radius 2 is 2.17 bits per heavy atom. The number of rotatable bonds is 0. The Kier molecular flexibility index (Phi) is 0.913. The molecule has 58 valence electrons. The van der Waals surface area contributed by atoms with Crippen LogP contribution in [0, 0.1) is 0 Å². The number of para-hydroxylation sites is 1. The maximum atomic E-state index is 5.45. The molecule has 2 heterocycles. The number of hydrogen-bond donors (Lipinski definition) is 1. The van der Waals surface area contributed by atoms with Gasteiger partial charge in [0.2, 0.25) is 5.71 Å². The minimum Gasteiger partial charge on any atom is -0.436 e. The lowest BCUT2D eigenvalue weighted by Gasteiger charge is -1.83. The van der Waals surface area contributed by atoms with Crippen LogP contribution in [0.1, 0.15) is 0 Å². The van der Waals surface area contributed by atoms with Crippen LogP contribution in [0.4, 0.5) is 0 Å². The summed E-state index contributed by atoms with van der Waals surface area (Å²) in [5.41, 5.74) is 2.54. The number of aromatic amines is 1. The summed E-state index contributed by atoms with van der Waals surface area (Å²) in [6.45, 7) is 0. The maximum Gasteiger partial charge on any atom is 0.245 e. The van der Waals surface area contributed by atoms with Gasteiger partial charge in [-0.25, -0.2) is 4.98 Å². The second-order valence-corrected chi connectivity index (χ2v) is 2.68. The molecule has 0 radical (unpaired) electrons. The number of fused-ring (bicyclic) bond motifs is 3. The first-order valence-corrected chi connectivity index (χ1v) is 3.76. The largest absolute Gasteiger partial charge is 0.436 e. The summed E-state index contributed by atoms with van der Waals surface area (Å²) in [5.74, 6) is 0. The van der Waals surface area contributed by atoms with Crippen LogP contribution in [-0.2, 0) is 0 Å². The van der Waals surface area contributed by atoms with E-state index in [9.17, 15) is 0 Å². The highest BCUT2D eigenvalue weighted by Crippen LogP contribution is 2.24. The van der Waals surface area contributed by atoms with Crippen LogP contribution in [-0.4, -0.2) is 9.97 Å². The molecular formula is C9H6N2O. The molecule has 0 aliphatic rings. The van der Waals surface area contributed by atoms with Crippen LogP contribution >= 0.6 is 0 Å². The van der Waals surface area contributed by atoms with Gasteiger partial charge in [0.05, 0.1) is 6.33 Å². The van der Waals surface area contributed by atoms with Gasteiger partial charge >= 0.3 is 0 Å². The second-order valence-electron chi connectivity index (χ2n) is 2.68. The van der Waals surface area contributed by atoms with E-state index in [1.54, 1.807) is 6.33 Å². The van der Waals surface area contributed by atoms with Crippen LogP contribution < -0.4 is 0 Å². The van der Waals surface area contributed by atoms with Crippen molar-refractivity contribution in [2.24, 2.45) is 0 Å². The number of H-pyrrole nitrogens is 1. The molecular weight excluding hydrogens is 152 g/mol. The van der Waals surface area contributed by atoms with Gasteiger partial charge in [0.1, 0.15) is 11.1 Å². The lowest BCUT2D eigenvalue weighted by atomic mass is 10.2. The van der Waals surface area contributed by atoms with E-state index in [-0.39, 0.29) is 0 Å². The van der Waals surface area contributed by atoms with E-state index in [0.29, 0.717) is 5.71 Å². The van der Waals surface area contributed by atoms with Gasteiger partial charge < -0.3 is 9.40 Å². The Morgan fingerprint density at radius 3 is 3.17 bits per heavy atom. The Hall–Kier alpha value is -1.77. The molecule has 1 N–H and O–H groups in total. The highest BCUT2D eigenvalue weighted by Gasteiger charge is 2.06. The summed E-state index contributed by atoms with van der Waals surface area (Å²) >= 11 is 0. The average Bonchev–Trinajstić information content (AvgIpc) is 2.62. The number of hydrogen-bond acceptors (Lipinski definition) is 2. The smallest absolute Gasteiger partial charge is 0.245 e. The van der Waals surface area contributed by atoms with E-state index in [2.05, 4.69) is 9.97 Å². The molecule has 2 aromatic heterocycles. The standard InChI is InChI=1S/C9H6N2O/c1-2-4-7-6(3-1)8-9(12-7)11-5-10-8/h1-5H,(H,10,11). The second kappa shape index (κ2) is 1.88. The molecule has 0 atom stereocenters. The predicted octanol–water partition coefficient (Wildman–Crippen LogP) is 2.31. The van der Waals surface area contributed by atoms with Gasteiger partial charge in [0.15, 0.2) is 0 Å². The van der Waals surface area contributed by atoms with E-state index >= 15 is 0 Å². The zero-order valence-electron chi connectivity index (χ0n) is 6.24. The molecule has 3 heteroatoms. The van der Waals surface area contributed by atoms with Crippen molar-refractivity contribution in [3.63, 3.8) is 0 Å². The van der Waals surface area contributed by atoms with Crippen LogP contribution in [0.2, 0.25) is 0 Å². The number of aromatic nitrogens is 2. The van der Waals surface area contributed by atoms with Gasteiger partial charge in [-0.2, -0.15) is 0 Å². The van der Waals surface area contributed by atoms with Crippen molar-refractivity contribution in [3.8, 4) is 0 Å². The summed E-state index contributed by atoms with van der Waals surface area (Å²) in [4.78, 5) is 7.07. The highest BCUT2D eigenvalue weighted by molar-refractivity contribution is 6.00. The van der Waals surface area contributed by atoms with Crippen LogP contribution in [0.3, 0.4) is 0 Å². The molecule has 3 nitrogen and oxygen atoms in total. The van der Waals surface area contributed by atoms with Crippen LogP contribution in [0.25, 0.3) is 22.2 Å². The molecule has 0 aliphatic heterocycles. The molecule has 3 rings (SSSR count). The van der Waals surface area contributed by atoms with E-state index in [4.69, 9.17) is 4.42 Å². The zero-order valence-corrected chi connectivity index (χ0v) is 6.24. The quantitative estimate of drug-likeness (QED) is 0.545. The molecule has 0 aliphatic carbocycles. The minimum absolute atomic E-state index is 0.677. The van der Waals surface area contributed by atoms with Crippen LogP contribution in [0.15, 0.2) is 35.0 Å². The monoisotopic (exact) mass is 158 g/mol. The van der Waals surface area contributed by atoms with Crippen molar-refractivity contribution in [2.45, 2.75) is 0 Å². The number of benzene rings is 1. The summed E-state index contributed by atoms with van der Waals surface area (Å²) in [7, 11) is 0. The predicted molar refractivity (Wildman–Crippen MR) is 45.9 cm³/mol. The van der Waals surface area contributed by atoms with Gasteiger partial charge in [-0.1, -0.05) is 12.1 Å². The lowest BCUT2D eigenvalue weighted by Crippen LogP contribution is -1.63. The van der Waals surface area contributed by atoms with Crippen molar-refractivity contribution >= 4 is 22.2 Å². The van der Waals surface area contributed by atoms with Gasteiger partial charge in [-0.05, 0) is 12.1 Å². The Labute approximate surface area is 68.0 Å². The molecule has 0 saturated heterocycles. The summed E-state index contributed by atoms with van der Waals surface area (Å²) in [6, 6.07) is 7.88. The zero-order chi connectivity index (χ0) is 7.97. The van der Waals surface area contributed by atoms with Crippen molar-refractivity contribution in [3.05, 3.63) is 30.6 Å². The number of furan rings is 1. The van der Waals surface area contributed by atoms with Gasteiger partial charge in [-0.3, -0.25) is 0 Å². The Morgan fingerprint density at radius 1 is 1.25 bits per heavy atom. The summed E-state index contributed by atoms with van der Waals surface area (Å²) < 4.78 is 5.45. The molecule has 3 aromatic rings. The third-order valence-electron chi connectivity index (χ3n) is 1.97. The van der Waals surface area contributed by atoms with Crippen LogP contribution in [0.5, 0.6) is 0 Å². The van der Waals surface area contributed by atoms with Crippen molar-refractivity contribution in [1.82, 2.24) is 9.97 Å². The molecule has 0 saturated carbocycles. The normalized spacial score (nSPS) is 11.3. The third-order valence-corrected chi connectivity index (χ3v) is 1.97. The highest BCUT2D eigenvalue weighted by atomic mass is 16.3. The minimum atomic E-state index is 0.677. The topological polar surface area (TPSA) is 41.8 Å². The first-order valence-electron chi connectivity index (χ1n) is 3.76. The molecule has 1 aromatic carbocycles. The summed E-state index contributed by atoms with van der Waals surface area (Å²) in [5, 5.41) is 1.09. The fraction of sp³-hybridized carbons (Fsp3) is 0. The average molecular weight is 158 g/mol. The third kappa shape index (κ3) is 0.580. The number of imidazole rings is 1. The van der Waals surface area contributed by atoms with E-state index in [1.807, 2.05) is 24.3 Å². The molecule has 0 unspecified atom stereocenters. The van der Waals surface area contributed by atoms with Crippen molar-refractivity contribution in [1.29, 1.82) is 0 Å². The van der Waals surface area contributed by atoms with Gasteiger partial charge in [0.25, 0.3) is 0 Å². The Balaban J connectivity index is 2.68. The fourth-order valence-corrected chi connectivity index (χ4v) is 1.42. The fourth-order valence-electron chi connectivity index (χ4n) is 1.42. The molecule has 0 fully saturated rings. The molecule has 12 heavy (non-hydrogen) atoms. The first-order chi connectivity index (χ1) is 5.95. The summed E-state index contributed by atoms with van der Waals surface area (Å²) in [6.07, 6.45) is 1.64. The molecule has 0 bridgehead atoms. The van der Waals surface area contributed by atoms with Gasteiger partial charge in [-0.15, -0.1) is 0 Å². The SMILES string of the molecule is c1ccc2c(c1)oc1nc[nH]c12. The van der Waals surface area contributed by atoms with Crippen molar-refractivity contribution < 1.29 is 4.42 Å². The lowest BCUT2D eigenvalue weighted by molar-refractivity contribution is 0.656. The number of nitrogens with one attached hydrogen (secondary N) is 1. The maximum absolute atomic E-state index is 5.45. The van der Waals surface area contributed by atoms with E-state index in [0.717, 1.165) is 16.5 Å². The molecule has 0 amide bonds. The van der Waals surface area contributed by atoms with E-state index in [1.165, 1.54) is 0 Å².